The summed E-state index contributed by atoms with van der Waals surface area (Å²) in [5.74, 6) is 0. The standard InChI is InChI=1S/C12H17BrF2N2O/c1-8(16)9-2-3-11(10(13)6-9)17(4-5-18)7-12(14)15/h2-3,6,8,12,18H,4-5,7,16H2,1H3/t8-/m0/s1. The Balaban J connectivity index is 2.97. The summed E-state index contributed by atoms with van der Waals surface area (Å²) in [6.45, 7) is 1.44. The van der Waals surface area contributed by atoms with Crippen LogP contribution in [0.15, 0.2) is 22.7 Å². The van der Waals surface area contributed by atoms with Crippen LogP contribution in [-0.2, 0) is 0 Å². The van der Waals surface area contributed by atoms with Crippen LogP contribution in [0.2, 0.25) is 0 Å². The van der Waals surface area contributed by atoms with Crippen molar-refractivity contribution >= 4 is 21.6 Å². The maximum atomic E-state index is 12.5. The van der Waals surface area contributed by atoms with E-state index in [2.05, 4.69) is 15.9 Å². The third-order valence-corrected chi connectivity index (χ3v) is 3.20. The van der Waals surface area contributed by atoms with Crippen molar-refractivity contribution in [2.75, 3.05) is 24.6 Å². The SMILES string of the molecule is C[C@H](N)c1ccc(N(CCO)CC(F)F)c(Br)c1. The lowest BCUT2D eigenvalue weighted by atomic mass is 10.1. The van der Waals surface area contributed by atoms with Crippen LogP contribution in [0.4, 0.5) is 14.5 Å². The number of halogens is 3. The molecule has 0 bridgehead atoms. The summed E-state index contributed by atoms with van der Waals surface area (Å²) >= 11 is 3.35. The molecule has 0 saturated heterocycles. The van der Waals surface area contributed by atoms with E-state index < -0.39 is 13.0 Å². The van der Waals surface area contributed by atoms with Crippen LogP contribution in [-0.4, -0.2) is 31.2 Å². The Morgan fingerprint density at radius 1 is 1.44 bits per heavy atom. The average molecular weight is 323 g/mol. The van der Waals surface area contributed by atoms with Gasteiger partial charge in [0, 0.05) is 17.1 Å². The Morgan fingerprint density at radius 2 is 2.11 bits per heavy atom. The van der Waals surface area contributed by atoms with Gasteiger partial charge in [0.1, 0.15) is 0 Å². The normalized spacial score (nSPS) is 12.8. The lowest BCUT2D eigenvalue weighted by molar-refractivity contribution is 0.152. The highest BCUT2D eigenvalue weighted by Crippen LogP contribution is 2.29. The van der Waals surface area contributed by atoms with E-state index in [-0.39, 0.29) is 19.2 Å². The number of nitrogens with two attached hydrogens (primary N) is 1. The molecule has 0 heterocycles. The average Bonchev–Trinajstić information content (AvgIpc) is 2.27. The molecule has 18 heavy (non-hydrogen) atoms. The fraction of sp³-hybridized carbons (Fsp3) is 0.500. The number of benzene rings is 1. The molecule has 1 aromatic carbocycles. The van der Waals surface area contributed by atoms with E-state index in [0.717, 1.165) is 5.56 Å². The van der Waals surface area contributed by atoms with Crippen LogP contribution in [0, 0.1) is 0 Å². The molecule has 0 fully saturated rings. The molecular formula is C12H17BrF2N2O. The van der Waals surface area contributed by atoms with Crippen LogP contribution >= 0.6 is 15.9 Å². The molecule has 0 radical (unpaired) electrons. The Morgan fingerprint density at radius 3 is 2.56 bits per heavy atom. The minimum absolute atomic E-state index is 0.114. The Kier molecular flexibility index (Phi) is 5.98. The first-order valence-corrected chi connectivity index (χ1v) is 6.44. The maximum Gasteiger partial charge on any atom is 0.255 e. The highest BCUT2D eigenvalue weighted by molar-refractivity contribution is 9.10. The number of hydrogen-bond donors (Lipinski definition) is 2. The van der Waals surface area contributed by atoms with Gasteiger partial charge in [0.25, 0.3) is 6.43 Å². The van der Waals surface area contributed by atoms with Crippen LogP contribution in [0.5, 0.6) is 0 Å². The van der Waals surface area contributed by atoms with Gasteiger partial charge >= 0.3 is 0 Å². The molecule has 0 unspecified atom stereocenters. The molecule has 0 aliphatic rings. The van der Waals surface area contributed by atoms with Crippen molar-refractivity contribution in [2.45, 2.75) is 19.4 Å². The summed E-state index contributed by atoms with van der Waals surface area (Å²) in [7, 11) is 0. The second kappa shape index (κ2) is 7.01. The number of nitrogens with zero attached hydrogens (tertiary/aromatic N) is 1. The molecule has 0 aliphatic carbocycles. The third-order valence-electron chi connectivity index (χ3n) is 2.57. The van der Waals surface area contributed by atoms with E-state index >= 15 is 0 Å². The summed E-state index contributed by atoms with van der Waals surface area (Å²) in [5.41, 5.74) is 7.31. The zero-order valence-corrected chi connectivity index (χ0v) is 11.7. The molecule has 1 atom stereocenters. The highest BCUT2D eigenvalue weighted by atomic mass is 79.9. The zero-order valence-electron chi connectivity index (χ0n) is 10.1. The van der Waals surface area contributed by atoms with Gasteiger partial charge in [-0.2, -0.15) is 0 Å². The van der Waals surface area contributed by atoms with Gasteiger partial charge in [-0.25, -0.2) is 8.78 Å². The fourth-order valence-electron chi connectivity index (χ4n) is 1.66. The largest absolute Gasteiger partial charge is 0.395 e. The lowest BCUT2D eigenvalue weighted by Gasteiger charge is -2.25. The number of rotatable bonds is 6. The topological polar surface area (TPSA) is 49.5 Å². The molecule has 1 rings (SSSR count). The summed E-state index contributed by atoms with van der Waals surface area (Å²) in [5, 5.41) is 8.92. The van der Waals surface area contributed by atoms with Gasteiger partial charge in [-0.3, -0.25) is 0 Å². The minimum atomic E-state index is -2.45. The second-order valence-electron chi connectivity index (χ2n) is 4.06. The number of aliphatic hydroxyl groups excluding tert-OH is 1. The third kappa shape index (κ3) is 4.19. The minimum Gasteiger partial charge on any atom is -0.395 e. The van der Waals surface area contributed by atoms with Crippen LogP contribution in [0.1, 0.15) is 18.5 Å². The molecule has 0 aliphatic heterocycles. The summed E-state index contributed by atoms with van der Waals surface area (Å²) in [4.78, 5) is 1.44. The van der Waals surface area contributed by atoms with Gasteiger partial charge in [-0.15, -0.1) is 0 Å². The van der Waals surface area contributed by atoms with Gasteiger partial charge in [-0.1, -0.05) is 6.07 Å². The van der Waals surface area contributed by atoms with Crippen molar-refractivity contribution in [3.05, 3.63) is 28.2 Å². The van der Waals surface area contributed by atoms with Crippen molar-refractivity contribution in [3.63, 3.8) is 0 Å². The number of aliphatic hydroxyl groups is 1. The lowest BCUT2D eigenvalue weighted by Crippen LogP contribution is -2.31. The van der Waals surface area contributed by atoms with Crippen molar-refractivity contribution in [1.82, 2.24) is 0 Å². The summed E-state index contributed by atoms with van der Waals surface area (Å²) < 4.78 is 25.6. The predicted molar refractivity (Wildman–Crippen MR) is 72.0 cm³/mol. The monoisotopic (exact) mass is 322 g/mol. The van der Waals surface area contributed by atoms with E-state index in [1.807, 2.05) is 13.0 Å². The van der Waals surface area contributed by atoms with E-state index in [1.165, 1.54) is 4.90 Å². The molecule has 1 aromatic rings. The zero-order chi connectivity index (χ0) is 13.7. The van der Waals surface area contributed by atoms with E-state index in [9.17, 15) is 8.78 Å². The molecule has 3 nitrogen and oxygen atoms in total. The van der Waals surface area contributed by atoms with Crippen molar-refractivity contribution in [3.8, 4) is 0 Å². The van der Waals surface area contributed by atoms with Crippen molar-refractivity contribution < 1.29 is 13.9 Å². The number of alkyl halides is 2. The molecular weight excluding hydrogens is 306 g/mol. The van der Waals surface area contributed by atoms with Crippen LogP contribution < -0.4 is 10.6 Å². The molecule has 102 valence electrons. The Labute approximate surface area is 114 Å². The van der Waals surface area contributed by atoms with Crippen molar-refractivity contribution in [1.29, 1.82) is 0 Å². The van der Waals surface area contributed by atoms with E-state index in [4.69, 9.17) is 10.8 Å². The molecule has 0 aromatic heterocycles. The molecule has 6 heteroatoms. The first-order chi connectivity index (χ1) is 8.45. The molecule has 0 spiro atoms. The quantitative estimate of drug-likeness (QED) is 0.846. The van der Waals surface area contributed by atoms with Gasteiger partial charge in [-0.05, 0) is 40.5 Å². The van der Waals surface area contributed by atoms with Crippen molar-refractivity contribution in [2.24, 2.45) is 5.73 Å². The molecule has 0 amide bonds. The van der Waals surface area contributed by atoms with Gasteiger partial charge in [0.15, 0.2) is 0 Å². The fourth-order valence-corrected chi connectivity index (χ4v) is 2.31. The van der Waals surface area contributed by atoms with Gasteiger partial charge in [0.2, 0.25) is 0 Å². The second-order valence-corrected chi connectivity index (χ2v) is 4.91. The van der Waals surface area contributed by atoms with Crippen LogP contribution in [0.3, 0.4) is 0 Å². The first kappa shape index (κ1) is 15.3. The first-order valence-electron chi connectivity index (χ1n) is 5.64. The van der Waals surface area contributed by atoms with Crippen LogP contribution in [0.25, 0.3) is 0 Å². The summed E-state index contributed by atoms with van der Waals surface area (Å²) in [6, 6.07) is 5.24. The van der Waals surface area contributed by atoms with E-state index in [1.54, 1.807) is 12.1 Å². The molecule has 0 saturated carbocycles. The maximum absolute atomic E-state index is 12.5. The Hall–Kier alpha value is -0.720. The molecule has 3 N–H and O–H groups in total. The van der Waals surface area contributed by atoms with E-state index in [0.29, 0.717) is 10.2 Å². The smallest absolute Gasteiger partial charge is 0.255 e. The number of anilines is 1. The van der Waals surface area contributed by atoms with Gasteiger partial charge in [0.05, 0.1) is 18.8 Å². The van der Waals surface area contributed by atoms with Gasteiger partial charge < -0.3 is 15.7 Å². The number of hydrogen-bond acceptors (Lipinski definition) is 3. The predicted octanol–water partition coefficient (Wildman–Crippen LogP) is 2.53. The Bertz CT molecular complexity index is 388. The summed E-state index contributed by atoms with van der Waals surface area (Å²) in [6.07, 6.45) is -2.45. The highest BCUT2D eigenvalue weighted by Gasteiger charge is 2.15.